The Bertz CT molecular complexity index is 717. The van der Waals surface area contributed by atoms with Gasteiger partial charge in [0.1, 0.15) is 11.6 Å². The summed E-state index contributed by atoms with van der Waals surface area (Å²) < 4.78 is 1.51. The van der Waals surface area contributed by atoms with Gasteiger partial charge < -0.3 is 10.2 Å². The fraction of sp³-hybridized carbons (Fsp3) is 0.760. The molecule has 0 radical (unpaired) electrons. The van der Waals surface area contributed by atoms with E-state index < -0.39 is 0 Å². The standard InChI is InChI=1S/C25H43NO4S/c1-7-24(5,8-2)20(27)14-12-11-13-16-26-22(29)18-19(23(26)30)31-17-15-21(28)25(6,9-3)10-4/h18,29-30H,7-17H2,1-6H3. The predicted octanol–water partition coefficient (Wildman–Crippen LogP) is 6.73. The molecule has 0 aliphatic carbocycles. The van der Waals surface area contributed by atoms with Crippen LogP contribution in [0.25, 0.3) is 0 Å². The third-order valence-corrected chi connectivity index (χ3v) is 8.37. The Morgan fingerprint density at radius 1 is 0.871 bits per heavy atom. The van der Waals surface area contributed by atoms with Gasteiger partial charge in [0.05, 0.1) is 4.90 Å². The third kappa shape index (κ3) is 7.30. The van der Waals surface area contributed by atoms with Gasteiger partial charge in [-0.15, -0.1) is 11.8 Å². The number of ketones is 2. The molecule has 31 heavy (non-hydrogen) atoms. The van der Waals surface area contributed by atoms with Crippen LogP contribution >= 0.6 is 11.8 Å². The van der Waals surface area contributed by atoms with Crippen molar-refractivity contribution in [1.82, 2.24) is 4.57 Å². The van der Waals surface area contributed by atoms with E-state index in [-0.39, 0.29) is 28.4 Å². The van der Waals surface area contributed by atoms with E-state index in [0.29, 0.717) is 35.8 Å². The third-order valence-electron chi connectivity index (χ3n) is 7.35. The van der Waals surface area contributed by atoms with Crippen LogP contribution < -0.4 is 0 Å². The molecule has 5 nitrogen and oxygen atoms in total. The highest BCUT2D eigenvalue weighted by atomic mass is 32.2. The molecular weight excluding hydrogens is 410 g/mol. The van der Waals surface area contributed by atoms with E-state index in [1.807, 2.05) is 27.7 Å². The van der Waals surface area contributed by atoms with E-state index in [1.54, 1.807) is 6.07 Å². The van der Waals surface area contributed by atoms with E-state index in [2.05, 4.69) is 13.8 Å². The number of carbonyl (C=O) groups excluding carboxylic acids is 2. The summed E-state index contributed by atoms with van der Waals surface area (Å²) >= 11 is 1.41. The molecule has 0 aliphatic rings. The lowest BCUT2D eigenvalue weighted by Gasteiger charge is -2.24. The van der Waals surface area contributed by atoms with Crippen LogP contribution in [0.15, 0.2) is 11.0 Å². The van der Waals surface area contributed by atoms with Crippen LogP contribution in [0.4, 0.5) is 0 Å². The number of carbonyl (C=O) groups is 2. The molecular formula is C25H43NO4S. The number of hydrogen-bond acceptors (Lipinski definition) is 5. The number of rotatable bonds is 16. The lowest BCUT2D eigenvalue weighted by molar-refractivity contribution is -0.128. The van der Waals surface area contributed by atoms with Crippen LogP contribution in [0, 0.1) is 10.8 Å². The second-order valence-corrected chi connectivity index (χ2v) is 10.3. The number of aromatic nitrogens is 1. The fourth-order valence-corrected chi connectivity index (χ4v) is 4.64. The molecule has 1 aromatic heterocycles. The maximum Gasteiger partial charge on any atom is 0.208 e. The highest BCUT2D eigenvalue weighted by molar-refractivity contribution is 7.99. The number of thioether (sulfide) groups is 1. The molecule has 0 saturated heterocycles. The molecule has 0 atom stereocenters. The molecule has 0 fully saturated rings. The number of Topliss-reactive ketones (excluding diaryl/α,β-unsaturated/α-hetero) is 2. The summed E-state index contributed by atoms with van der Waals surface area (Å²) in [5.74, 6) is 1.27. The Morgan fingerprint density at radius 2 is 1.39 bits per heavy atom. The van der Waals surface area contributed by atoms with E-state index in [1.165, 1.54) is 16.3 Å². The first-order valence-electron chi connectivity index (χ1n) is 11.9. The first-order valence-corrected chi connectivity index (χ1v) is 12.9. The second-order valence-electron chi connectivity index (χ2n) is 9.13. The zero-order valence-corrected chi connectivity index (χ0v) is 21.2. The molecule has 0 amide bonds. The second kappa shape index (κ2) is 12.6. The molecule has 1 rings (SSSR count). The fourth-order valence-electron chi connectivity index (χ4n) is 3.71. The van der Waals surface area contributed by atoms with Crippen molar-refractivity contribution in [2.45, 2.75) is 111 Å². The quantitative estimate of drug-likeness (QED) is 0.214. The van der Waals surface area contributed by atoms with Gasteiger partial charge in [-0.2, -0.15) is 0 Å². The van der Waals surface area contributed by atoms with Gasteiger partial charge in [0.2, 0.25) is 5.88 Å². The molecule has 0 aromatic carbocycles. The van der Waals surface area contributed by atoms with Gasteiger partial charge in [-0.3, -0.25) is 14.2 Å². The van der Waals surface area contributed by atoms with Gasteiger partial charge in [-0.05, 0) is 38.5 Å². The Hall–Kier alpha value is -1.43. The van der Waals surface area contributed by atoms with Crippen molar-refractivity contribution in [2.24, 2.45) is 10.8 Å². The van der Waals surface area contributed by atoms with Crippen LogP contribution in [0.2, 0.25) is 0 Å². The van der Waals surface area contributed by atoms with Crippen LogP contribution in [0.3, 0.4) is 0 Å². The minimum Gasteiger partial charge on any atom is -0.494 e. The highest BCUT2D eigenvalue weighted by Crippen LogP contribution is 2.37. The van der Waals surface area contributed by atoms with Crippen molar-refractivity contribution < 1.29 is 19.8 Å². The van der Waals surface area contributed by atoms with E-state index in [0.717, 1.165) is 44.9 Å². The van der Waals surface area contributed by atoms with Crippen molar-refractivity contribution >= 4 is 23.3 Å². The van der Waals surface area contributed by atoms with Gasteiger partial charge in [-0.1, -0.05) is 48.0 Å². The van der Waals surface area contributed by atoms with E-state index in [9.17, 15) is 19.8 Å². The van der Waals surface area contributed by atoms with Gasteiger partial charge in [0.25, 0.3) is 0 Å². The first-order chi connectivity index (χ1) is 14.6. The zero-order valence-electron chi connectivity index (χ0n) is 20.4. The van der Waals surface area contributed by atoms with Crippen LogP contribution in [0.1, 0.15) is 99.3 Å². The summed E-state index contributed by atoms with van der Waals surface area (Å²) in [6, 6.07) is 1.57. The average molecular weight is 454 g/mol. The van der Waals surface area contributed by atoms with Crippen LogP contribution in [0.5, 0.6) is 11.8 Å². The van der Waals surface area contributed by atoms with Gasteiger partial charge >= 0.3 is 0 Å². The summed E-state index contributed by atoms with van der Waals surface area (Å²) in [5, 5.41) is 20.7. The maximum atomic E-state index is 12.5. The largest absolute Gasteiger partial charge is 0.494 e. The topological polar surface area (TPSA) is 79.5 Å². The Morgan fingerprint density at radius 3 is 1.90 bits per heavy atom. The van der Waals surface area contributed by atoms with Crippen molar-refractivity contribution in [3.63, 3.8) is 0 Å². The lowest BCUT2D eigenvalue weighted by atomic mass is 9.78. The Labute approximate surface area is 193 Å². The minimum absolute atomic E-state index is 0.0406. The van der Waals surface area contributed by atoms with E-state index in [4.69, 9.17) is 0 Å². The van der Waals surface area contributed by atoms with Crippen molar-refractivity contribution in [2.75, 3.05) is 5.75 Å². The monoisotopic (exact) mass is 453 g/mol. The zero-order chi connectivity index (χ0) is 23.7. The molecule has 0 bridgehead atoms. The summed E-state index contributed by atoms with van der Waals surface area (Å²) in [6.07, 6.45) is 6.93. The SMILES string of the molecule is CCC(C)(CC)C(=O)CCCCCn1c(O)cc(SCCC(=O)C(C)(CC)CC)c1O. The Balaban J connectivity index is 2.49. The summed E-state index contributed by atoms with van der Waals surface area (Å²) in [6.45, 7) is 12.8. The first kappa shape index (κ1) is 27.6. The Kier molecular flexibility index (Phi) is 11.2. The van der Waals surface area contributed by atoms with Crippen molar-refractivity contribution in [3.8, 4) is 11.8 Å². The number of unbranched alkanes of at least 4 members (excludes halogenated alkanes) is 2. The molecule has 1 heterocycles. The molecule has 178 valence electrons. The molecule has 2 N–H and O–H groups in total. The van der Waals surface area contributed by atoms with Crippen LogP contribution in [-0.4, -0.2) is 32.1 Å². The summed E-state index contributed by atoms with van der Waals surface area (Å²) in [4.78, 5) is 25.5. The molecule has 1 aromatic rings. The smallest absolute Gasteiger partial charge is 0.208 e. The molecule has 0 saturated carbocycles. The maximum absolute atomic E-state index is 12.5. The van der Waals surface area contributed by atoms with Crippen LogP contribution in [-0.2, 0) is 16.1 Å². The van der Waals surface area contributed by atoms with Crippen molar-refractivity contribution in [1.29, 1.82) is 0 Å². The number of aromatic hydroxyl groups is 2. The molecule has 0 spiro atoms. The van der Waals surface area contributed by atoms with E-state index >= 15 is 0 Å². The summed E-state index contributed by atoms with van der Waals surface area (Å²) in [5.41, 5.74) is -0.486. The predicted molar refractivity (Wildman–Crippen MR) is 129 cm³/mol. The van der Waals surface area contributed by atoms with Crippen molar-refractivity contribution in [3.05, 3.63) is 6.07 Å². The number of nitrogens with zero attached hydrogens (tertiary/aromatic N) is 1. The normalized spacial score (nSPS) is 12.3. The lowest BCUT2D eigenvalue weighted by Crippen LogP contribution is -2.26. The molecule has 6 heteroatoms. The highest BCUT2D eigenvalue weighted by Gasteiger charge is 2.29. The van der Waals surface area contributed by atoms with Gasteiger partial charge in [0, 0.05) is 42.0 Å². The minimum atomic E-state index is -0.274. The number of hydrogen-bond donors (Lipinski definition) is 2. The summed E-state index contributed by atoms with van der Waals surface area (Å²) in [7, 11) is 0. The average Bonchev–Trinajstić information content (AvgIpc) is 3.04. The van der Waals surface area contributed by atoms with Gasteiger partial charge in [-0.25, -0.2) is 0 Å². The molecule has 0 unspecified atom stereocenters. The van der Waals surface area contributed by atoms with Gasteiger partial charge in [0.15, 0.2) is 5.88 Å². The molecule has 0 aliphatic heterocycles.